The zero-order valence-corrected chi connectivity index (χ0v) is 11.8. The molecular formula is C16H25NO2. The minimum Gasteiger partial charge on any atom is -0.393 e. The second-order valence-electron chi connectivity index (χ2n) is 5.56. The first-order valence-electron chi connectivity index (χ1n) is 7.23. The number of aliphatic hydroxyl groups excluding tert-OH is 1. The van der Waals surface area contributed by atoms with Crippen LogP contribution in [0, 0.1) is 5.92 Å². The molecule has 1 aromatic rings. The van der Waals surface area contributed by atoms with Crippen LogP contribution in [0.1, 0.15) is 36.8 Å². The number of ether oxygens (including phenoxy) is 1. The number of benzene rings is 1. The normalized spacial score (nSPS) is 23.5. The highest BCUT2D eigenvalue weighted by Gasteiger charge is 2.18. The van der Waals surface area contributed by atoms with Gasteiger partial charge < -0.3 is 15.2 Å². The van der Waals surface area contributed by atoms with Crippen molar-refractivity contribution in [2.45, 2.75) is 44.9 Å². The van der Waals surface area contributed by atoms with Gasteiger partial charge in [0.2, 0.25) is 0 Å². The zero-order valence-electron chi connectivity index (χ0n) is 11.8. The molecule has 0 bridgehead atoms. The number of methoxy groups -OCH3 is 1. The predicted molar refractivity (Wildman–Crippen MR) is 76.8 cm³/mol. The SMILES string of the molecule is COCc1cccc(CNCC2CCC(O)CC2)c1. The fraction of sp³-hybridized carbons (Fsp3) is 0.625. The molecule has 1 aliphatic rings. The number of nitrogens with one attached hydrogen (secondary N) is 1. The number of hydrogen-bond donors (Lipinski definition) is 2. The van der Waals surface area contributed by atoms with Crippen LogP contribution < -0.4 is 5.32 Å². The van der Waals surface area contributed by atoms with Crippen LogP contribution in [-0.2, 0) is 17.9 Å². The summed E-state index contributed by atoms with van der Waals surface area (Å²) in [7, 11) is 1.72. The first-order valence-corrected chi connectivity index (χ1v) is 7.23. The molecule has 106 valence electrons. The van der Waals surface area contributed by atoms with Gasteiger partial charge in [0.25, 0.3) is 0 Å². The molecule has 2 rings (SSSR count). The van der Waals surface area contributed by atoms with Gasteiger partial charge in [0.15, 0.2) is 0 Å². The highest BCUT2D eigenvalue weighted by atomic mass is 16.5. The summed E-state index contributed by atoms with van der Waals surface area (Å²) in [5.74, 6) is 0.727. The van der Waals surface area contributed by atoms with E-state index in [1.54, 1.807) is 7.11 Å². The minimum absolute atomic E-state index is 0.0537. The average Bonchev–Trinajstić information content (AvgIpc) is 2.42. The van der Waals surface area contributed by atoms with Crippen molar-refractivity contribution in [1.82, 2.24) is 5.32 Å². The van der Waals surface area contributed by atoms with Crippen LogP contribution in [0.2, 0.25) is 0 Å². The fourth-order valence-corrected chi connectivity index (χ4v) is 2.77. The predicted octanol–water partition coefficient (Wildman–Crippen LogP) is 2.47. The Labute approximate surface area is 116 Å². The van der Waals surface area contributed by atoms with Gasteiger partial charge in [-0.15, -0.1) is 0 Å². The Morgan fingerprint density at radius 2 is 1.95 bits per heavy atom. The van der Waals surface area contributed by atoms with Crippen molar-refractivity contribution in [3.05, 3.63) is 35.4 Å². The molecule has 0 aliphatic heterocycles. The summed E-state index contributed by atoms with van der Waals surface area (Å²) in [6.07, 6.45) is 4.18. The van der Waals surface area contributed by atoms with Gasteiger partial charge in [0.1, 0.15) is 0 Å². The van der Waals surface area contributed by atoms with Crippen LogP contribution in [0.25, 0.3) is 0 Å². The fourth-order valence-electron chi connectivity index (χ4n) is 2.77. The molecular weight excluding hydrogens is 238 g/mol. The van der Waals surface area contributed by atoms with Gasteiger partial charge in [0.05, 0.1) is 12.7 Å². The third-order valence-corrected chi connectivity index (χ3v) is 3.88. The summed E-state index contributed by atoms with van der Waals surface area (Å²) < 4.78 is 5.15. The standard InChI is InChI=1S/C16H25NO2/c1-19-12-15-4-2-3-14(9-15)11-17-10-13-5-7-16(18)8-6-13/h2-4,9,13,16-18H,5-8,10-12H2,1H3. The van der Waals surface area contributed by atoms with Crippen LogP contribution in [0.3, 0.4) is 0 Å². The molecule has 0 unspecified atom stereocenters. The highest BCUT2D eigenvalue weighted by Crippen LogP contribution is 2.23. The monoisotopic (exact) mass is 263 g/mol. The molecule has 0 radical (unpaired) electrons. The molecule has 0 saturated heterocycles. The van der Waals surface area contributed by atoms with E-state index in [1.165, 1.54) is 11.1 Å². The quantitative estimate of drug-likeness (QED) is 0.828. The van der Waals surface area contributed by atoms with E-state index in [0.717, 1.165) is 44.7 Å². The van der Waals surface area contributed by atoms with Crippen LogP contribution in [-0.4, -0.2) is 24.9 Å². The lowest BCUT2D eigenvalue weighted by Gasteiger charge is -2.25. The largest absolute Gasteiger partial charge is 0.393 e. The molecule has 3 heteroatoms. The second-order valence-corrected chi connectivity index (χ2v) is 5.56. The summed E-state index contributed by atoms with van der Waals surface area (Å²) in [5.41, 5.74) is 2.54. The Hall–Kier alpha value is -0.900. The van der Waals surface area contributed by atoms with Gasteiger partial charge in [-0.05, 0) is 49.3 Å². The number of aliphatic hydroxyl groups is 1. The molecule has 0 heterocycles. The first-order chi connectivity index (χ1) is 9.28. The number of hydrogen-bond acceptors (Lipinski definition) is 3. The first kappa shape index (κ1) is 14.5. The minimum atomic E-state index is -0.0537. The Morgan fingerprint density at radius 3 is 2.68 bits per heavy atom. The van der Waals surface area contributed by atoms with Crippen molar-refractivity contribution in [3.8, 4) is 0 Å². The maximum atomic E-state index is 9.48. The third kappa shape index (κ3) is 4.94. The Balaban J connectivity index is 1.71. The molecule has 0 spiro atoms. The van der Waals surface area contributed by atoms with Gasteiger partial charge >= 0.3 is 0 Å². The van der Waals surface area contributed by atoms with Crippen molar-refractivity contribution < 1.29 is 9.84 Å². The van der Waals surface area contributed by atoms with Crippen molar-refractivity contribution in [3.63, 3.8) is 0 Å². The molecule has 0 amide bonds. The molecule has 1 aliphatic carbocycles. The second kappa shape index (κ2) is 7.63. The van der Waals surface area contributed by atoms with E-state index < -0.39 is 0 Å². The van der Waals surface area contributed by atoms with E-state index in [9.17, 15) is 5.11 Å². The third-order valence-electron chi connectivity index (χ3n) is 3.88. The van der Waals surface area contributed by atoms with Crippen molar-refractivity contribution >= 4 is 0 Å². The Morgan fingerprint density at radius 1 is 1.21 bits per heavy atom. The lowest BCUT2D eigenvalue weighted by atomic mass is 9.87. The van der Waals surface area contributed by atoms with Crippen LogP contribution >= 0.6 is 0 Å². The van der Waals surface area contributed by atoms with Crippen LogP contribution in [0.15, 0.2) is 24.3 Å². The van der Waals surface area contributed by atoms with E-state index in [2.05, 4.69) is 29.6 Å². The maximum absolute atomic E-state index is 9.48. The van der Waals surface area contributed by atoms with E-state index in [-0.39, 0.29) is 6.10 Å². The molecule has 3 nitrogen and oxygen atoms in total. The lowest BCUT2D eigenvalue weighted by molar-refractivity contribution is 0.108. The highest BCUT2D eigenvalue weighted by molar-refractivity contribution is 5.22. The average molecular weight is 263 g/mol. The lowest BCUT2D eigenvalue weighted by Crippen LogP contribution is -2.27. The summed E-state index contributed by atoms with van der Waals surface area (Å²) in [6, 6.07) is 8.52. The summed E-state index contributed by atoms with van der Waals surface area (Å²) in [4.78, 5) is 0. The van der Waals surface area contributed by atoms with Crippen LogP contribution in [0.4, 0.5) is 0 Å². The topological polar surface area (TPSA) is 41.5 Å². The van der Waals surface area contributed by atoms with Crippen molar-refractivity contribution in [2.75, 3.05) is 13.7 Å². The van der Waals surface area contributed by atoms with E-state index in [4.69, 9.17) is 4.74 Å². The number of rotatable bonds is 6. The summed E-state index contributed by atoms with van der Waals surface area (Å²) in [5, 5.41) is 13.0. The van der Waals surface area contributed by atoms with Gasteiger partial charge in [-0.1, -0.05) is 24.3 Å². The van der Waals surface area contributed by atoms with E-state index in [1.807, 2.05) is 0 Å². The molecule has 1 aromatic carbocycles. The van der Waals surface area contributed by atoms with E-state index in [0.29, 0.717) is 6.61 Å². The molecule has 0 atom stereocenters. The van der Waals surface area contributed by atoms with Crippen molar-refractivity contribution in [1.29, 1.82) is 0 Å². The molecule has 1 saturated carbocycles. The zero-order chi connectivity index (χ0) is 13.5. The molecule has 19 heavy (non-hydrogen) atoms. The smallest absolute Gasteiger partial charge is 0.0713 e. The maximum Gasteiger partial charge on any atom is 0.0713 e. The summed E-state index contributed by atoms with van der Waals surface area (Å²) in [6.45, 7) is 2.65. The van der Waals surface area contributed by atoms with Gasteiger partial charge in [0, 0.05) is 13.7 Å². The molecule has 2 N–H and O–H groups in total. The van der Waals surface area contributed by atoms with Gasteiger partial charge in [-0.3, -0.25) is 0 Å². The van der Waals surface area contributed by atoms with Crippen LogP contribution in [0.5, 0.6) is 0 Å². The Bertz CT molecular complexity index is 373. The van der Waals surface area contributed by atoms with Crippen molar-refractivity contribution in [2.24, 2.45) is 5.92 Å². The van der Waals surface area contributed by atoms with Gasteiger partial charge in [-0.25, -0.2) is 0 Å². The van der Waals surface area contributed by atoms with E-state index >= 15 is 0 Å². The Kier molecular flexibility index (Phi) is 5.83. The molecule has 1 fully saturated rings. The van der Waals surface area contributed by atoms with Gasteiger partial charge in [-0.2, -0.15) is 0 Å². The summed E-state index contributed by atoms with van der Waals surface area (Å²) >= 11 is 0. The molecule has 0 aromatic heterocycles.